The quantitative estimate of drug-likeness (QED) is 0.585. The van der Waals surface area contributed by atoms with Crippen molar-refractivity contribution in [1.29, 1.82) is 0 Å². The van der Waals surface area contributed by atoms with Gasteiger partial charge in [0.2, 0.25) is 0 Å². The second-order valence-corrected chi connectivity index (χ2v) is 8.69. The maximum Gasteiger partial charge on any atom is 0.261 e. The van der Waals surface area contributed by atoms with Crippen molar-refractivity contribution in [1.82, 2.24) is 14.9 Å². The van der Waals surface area contributed by atoms with E-state index in [9.17, 15) is 9.59 Å². The second-order valence-electron chi connectivity index (χ2n) is 8.31. The molecule has 162 valence electrons. The van der Waals surface area contributed by atoms with Crippen LogP contribution in [-0.2, 0) is 13.6 Å². The first-order chi connectivity index (χ1) is 14.9. The highest BCUT2D eigenvalue weighted by Crippen LogP contribution is 2.26. The van der Waals surface area contributed by atoms with E-state index in [1.165, 1.54) is 42.4 Å². The highest BCUT2D eigenvalue weighted by Gasteiger charge is 2.18. The molecule has 1 amide bonds. The van der Waals surface area contributed by atoms with Crippen LogP contribution in [0.25, 0.3) is 10.9 Å². The van der Waals surface area contributed by atoms with Crippen LogP contribution in [0.2, 0.25) is 0 Å². The number of anilines is 1. The maximum atomic E-state index is 12.6. The van der Waals surface area contributed by atoms with Gasteiger partial charge in [0.05, 0.1) is 10.9 Å². The van der Waals surface area contributed by atoms with E-state index < -0.39 is 0 Å². The molecule has 1 aromatic heterocycles. The summed E-state index contributed by atoms with van der Waals surface area (Å²) in [4.78, 5) is 30.3. The highest BCUT2D eigenvalue weighted by atomic mass is 32.1. The molecule has 1 aliphatic rings. The number of rotatable bonds is 5. The third-order valence-corrected chi connectivity index (χ3v) is 6.66. The average molecular weight is 437 g/mol. The molecule has 3 aromatic rings. The number of H-pyrrole nitrogens is 1. The van der Waals surface area contributed by atoms with Gasteiger partial charge in [-0.05, 0) is 61.0 Å². The monoisotopic (exact) mass is 436 g/mol. The number of carbonyl (C=O) groups excluding carboxylic acids is 1. The number of carbonyl (C=O) groups is 1. The van der Waals surface area contributed by atoms with Crippen LogP contribution >= 0.6 is 12.2 Å². The van der Waals surface area contributed by atoms with Gasteiger partial charge in [-0.2, -0.15) is 0 Å². The van der Waals surface area contributed by atoms with E-state index in [0.29, 0.717) is 33.8 Å². The van der Waals surface area contributed by atoms with Gasteiger partial charge in [0.15, 0.2) is 4.77 Å². The fourth-order valence-corrected chi connectivity index (χ4v) is 4.45. The van der Waals surface area contributed by atoms with E-state index in [1.807, 2.05) is 0 Å². The van der Waals surface area contributed by atoms with Crippen molar-refractivity contribution < 1.29 is 4.79 Å². The molecular formula is C24H28N4O2S. The fourth-order valence-electron chi connectivity index (χ4n) is 4.26. The average Bonchev–Trinajstić information content (AvgIpc) is 2.81. The molecular weight excluding hydrogens is 408 g/mol. The highest BCUT2D eigenvalue weighted by molar-refractivity contribution is 7.71. The predicted octanol–water partition coefficient (Wildman–Crippen LogP) is 4.29. The van der Waals surface area contributed by atoms with Gasteiger partial charge >= 0.3 is 0 Å². The van der Waals surface area contributed by atoms with Gasteiger partial charge < -0.3 is 15.2 Å². The zero-order chi connectivity index (χ0) is 22.0. The van der Waals surface area contributed by atoms with Gasteiger partial charge in [0, 0.05) is 37.9 Å². The molecule has 0 bridgehead atoms. The number of aromatic nitrogens is 2. The lowest BCUT2D eigenvalue weighted by atomic mass is 9.94. The minimum absolute atomic E-state index is 0.177. The third kappa shape index (κ3) is 4.56. The van der Waals surface area contributed by atoms with Crippen LogP contribution in [0.5, 0.6) is 0 Å². The molecule has 4 rings (SSSR count). The van der Waals surface area contributed by atoms with Crippen LogP contribution in [-0.4, -0.2) is 28.5 Å². The molecule has 0 unspecified atom stereocenters. The van der Waals surface area contributed by atoms with Crippen molar-refractivity contribution in [2.45, 2.75) is 44.7 Å². The number of hydrogen-bond acceptors (Lipinski definition) is 4. The Morgan fingerprint density at radius 2 is 1.87 bits per heavy atom. The van der Waals surface area contributed by atoms with Gasteiger partial charge in [-0.15, -0.1) is 0 Å². The van der Waals surface area contributed by atoms with Gasteiger partial charge in [-0.25, -0.2) is 0 Å². The topological polar surface area (TPSA) is 70.1 Å². The molecule has 2 aromatic carbocycles. The number of nitrogens with zero attached hydrogens (tertiary/aromatic N) is 2. The van der Waals surface area contributed by atoms with Crippen LogP contribution < -0.4 is 15.8 Å². The molecule has 0 atom stereocenters. The van der Waals surface area contributed by atoms with Crippen molar-refractivity contribution in [3.63, 3.8) is 0 Å². The molecule has 0 saturated heterocycles. The lowest BCUT2D eigenvalue weighted by molar-refractivity contribution is 0.0951. The van der Waals surface area contributed by atoms with Crippen LogP contribution in [0.3, 0.4) is 0 Å². The van der Waals surface area contributed by atoms with E-state index in [4.69, 9.17) is 12.2 Å². The van der Waals surface area contributed by atoms with Crippen molar-refractivity contribution in [3.8, 4) is 0 Å². The number of fused-ring (bicyclic) bond motifs is 1. The molecule has 0 spiro atoms. The van der Waals surface area contributed by atoms with E-state index >= 15 is 0 Å². The van der Waals surface area contributed by atoms with Crippen molar-refractivity contribution in [3.05, 3.63) is 68.7 Å². The molecule has 6 nitrogen and oxygen atoms in total. The largest absolute Gasteiger partial charge is 0.372 e. The van der Waals surface area contributed by atoms with E-state index in [2.05, 4.69) is 46.5 Å². The zero-order valence-electron chi connectivity index (χ0n) is 18.0. The third-order valence-electron chi connectivity index (χ3n) is 6.28. The first kappa shape index (κ1) is 21.3. The lowest BCUT2D eigenvalue weighted by Gasteiger charge is -2.33. The summed E-state index contributed by atoms with van der Waals surface area (Å²) in [5.41, 5.74) is 3.14. The Bertz CT molecular complexity index is 1210. The SMILES string of the molecule is CN(c1ccc(CNC(=O)c2ccc3c(=O)n(C)c(=S)[nH]c3c2)cc1)C1CCCCC1. The minimum atomic E-state index is -0.190. The number of amides is 1. The standard InChI is InChI=1S/C24H28N4O2S/c1-27(18-6-4-3-5-7-18)19-11-8-16(9-12-19)15-25-22(29)17-10-13-20-21(14-17)26-24(31)28(2)23(20)30/h8-14,18H,3-7,15H2,1-2H3,(H,25,29)(H,26,31). The number of nitrogens with one attached hydrogen (secondary N) is 2. The number of benzene rings is 2. The molecule has 31 heavy (non-hydrogen) atoms. The Labute approximate surface area is 186 Å². The van der Waals surface area contributed by atoms with Crippen LogP contribution in [0.1, 0.15) is 48.0 Å². The summed E-state index contributed by atoms with van der Waals surface area (Å²) in [6.07, 6.45) is 6.50. The van der Waals surface area contributed by atoms with Crippen LogP contribution in [0, 0.1) is 4.77 Å². The van der Waals surface area contributed by atoms with Crippen molar-refractivity contribution in [2.75, 3.05) is 11.9 Å². The summed E-state index contributed by atoms with van der Waals surface area (Å²) >= 11 is 5.17. The van der Waals surface area contributed by atoms with Gasteiger partial charge in [-0.1, -0.05) is 31.4 Å². The Kier molecular flexibility index (Phi) is 6.23. The summed E-state index contributed by atoms with van der Waals surface area (Å²) in [6, 6.07) is 14.0. The summed E-state index contributed by atoms with van der Waals surface area (Å²) in [5.74, 6) is -0.190. The minimum Gasteiger partial charge on any atom is -0.372 e. The Morgan fingerprint density at radius 3 is 2.58 bits per heavy atom. The summed E-state index contributed by atoms with van der Waals surface area (Å²) < 4.78 is 1.71. The van der Waals surface area contributed by atoms with Crippen LogP contribution in [0.15, 0.2) is 47.3 Å². The van der Waals surface area contributed by atoms with Gasteiger partial charge in [0.25, 0.3) is 11.5 Å². The summed E-state index contributed by atoms with van der Waals surface area (Å²) in [6.45, 7) is 0.441. The van der Waals surface area contributed by atoms with Gasteiger partial charge in [0.1, 0.15) is 0 Å². The number of aromatic amines is 1. The molecule has 1 saturated carbocycles. The normalized spacial score (nSPS) is 14.5. The second kappa shape index (κ2) is 9.06. The Balaban J connectivity index is 1.42. The smallest absolute Gasteiger partial charge is 0.261 e. The fraction of sp³-hybridized carbons (Fsp3) is 0.375. The van der Waals surface area contributed by atoms with Gasteiger partial charge in [-0.3, -0.25) is 14.2 Å². The first-order valence-electron chi connectivity index (χ1n) is 10.8. The molecule has 1 aliphatic carbocycles. The van der Waals surface area contributed by atoms with E-state index in [0.717, 1.165) is 5.56 Å². The molecule has 1 heterocycles. The van der Waals surface area contributed by atoms with Crippen LogP contribution in [0.4, 0.5) is 5.69 Å². The maximum absolute atomic E-state index is 12.6. The molecule has 1 fully saturated rings. The first-order valence-corrected chi connectivity index (χ1v) is 11.2. The Hall–Kier alpha value is -2.93. The van der Waals surface area contributed by atoms with Crippen molar-refractivity contribution >= 4 is 34.7 Å². The Morgan fingerprint density at radius 1 is 1.16 bits per heavy atom. The zero-order valence-corrected chi connectivity index (χ0v) is 18.8. The molecule has 0 aliphatic heterocycles. The molecule has 7 heteroatoms. The van der Waals surface area contributed by atoms with E-state index in [-0.39, 0.29) is 11.5 Å². The summed E-state index contributed by atoms with van der Waals surface area (Å²) in [5, 5.41) is 3.46. The molecule has 2 N–H and O–H groups in total. The lowest BCUT2D eigenvalue weighted by Crippen LogP contribution is -2.33. The van der Waals surface area contributed by atoms with Crippen molar-refractivity contribution in [2.24, 2.45) is 7.05 Å². The molecule has 0 radical (unpaired) electrons. The predicted molar refractivity (Wildman–Crippen MR) is 127 cm³/mol. The van der Waals surface area contributed by atoms with E-state index in [1.54, 1.807) is 25.2 Å². The number of hydrogen-bond donors (Lipinski definition) is 2. The summed E-state index contributed by atoms with van der Waals surface area (Å²) in [7, 11) is 3.80.